The first-order chi connectivity index (χ1) is 11.6. The SMILES string of the molecule is Nn1c(SCC(=O)N2CCCCCC2)nnc1-c1ccc(F)cc1. The highest BCUT2D eigenvalue weighted by molar-refractivity contribution is 7.99. The van der Waals surface area contributed by atoms with E-state index in [9.17, 15) is 9.18 Å². The number of thioether (sulfide) groups is 1. The Balaban J connectivity index is 1.63. The fraction of sp³-hybridized carbons (Fsp3) is 0.438. The van der Waals surface area contributed by atoms with Gasteiger partial charge < -0.3 is 10.7 Å². The van der Waals surface area contributed by atoms with Gasteiger partial charge in [-0.05, 0) is 37.1 Å². The number of nitrogens with zero attached hydrogens (tertiary/aromatic N) is 4. The van der Waals surface area contributed by atoms with E-state index in [0.29, 0.717) is 22.3 Å². The Morgan fingerprint density at radius 2 is 1.79 bits per heavy atom. The Morgan fingerprint density at radius 3 is 2.46 bits per heavy atom. The lowest BCUT2D eigenvalue weighted by Crippen LogP contribution is -2.33. The molecule has 2 heterocycles. The second kappa shape index (κ2) is 7.65. The van der Waals surface area contributed by atoms with Crippen LogP contribution in [0.2, 0.25) is 0 Å². The Bertz CT molecular complexity index is 695. The van der Waals surface area contributed by atoms with E-state index >= 15 is 0 Å². The zero-order valence-electron chi connectivity index (χ0n) is 13.3. The van der Waals surface area contributed by atoms with E-state index in [4.69, 9.17) is 5.84 Å². The van der Waals surface area contributed by atoms with E-state index in [1.165, 1.54) is 41.4 Å². The van der Waals surface area contributed by atoms with Gasteiger partial charge in [-0.25, -0.2) is 9.07 Å². The first-order valence-corrected chi connectivity index (χ1v) is 9.01. The molecule has 0 unspecified atom stereocenters. The molecular weight excluding hydrogens is 329 g/mol. The topological polar surface area (TPSA) is 77.0 Å². The number of rotatable bonds is 4. The fourth-order valence-electron chi connectivity index (χ4n) is 2.71. The Labute approximate surface area is 144 Å². The average molecular weight is 349 g/mol. The quantitative estimate of drug-likeness (QED) is 0.677. The van der Waals surface area contributed by atoms with E-state index in [-0.39, 0.29) is 11.7 Å². The molecule has 24 heavy (non-hydrogen) atoms. The molecule has 1 saturated heterocycles. The van der Waals surface area contributed by atoms with E-state index in [1.54, 1.807) is 12.1 Å². The highest BCUT2D eigenvalue weighted by atomic mass is 32.2. The molecule has 6 nitrogen and oxygen atoms in total. The van der Waals surface area contributed by atoms with Crippen molar-refractivity contribution in [3.05, 3.63) is 30.1 Å². The zero-order chi connectivity index (χ0) is 16.9. The van der Waals surface area contributed by atoms with Gasteiger partial charge in [0.2, 0.25) is 11.1 Å². The zero-order valence-corrected chi connectivity index (χ0v) is 14.1. The summed E-state index contributed by atoms with van der Waals surface area (Å²) < 4.78 is 14.3. The molecule has 0 bridgehead atoms. The van der Waals surface area contributed by atoms with E-state index in [2.05, 4.69) is 10.2 Å². The van der Waals surface area contributed by atoms with Crippen molar-refractivity contribution in [1.82, 2.24) is 19.8 Å². The van der Waals surface area contributed by atoms with Crippen LogP contribution in [0.3, 0.4) is 0 Å². The third kappa shape index (κ3) is 3.87. The third-order valence-corrected chi connectivity index (χ3v) is 4.98. The number of likely N-dealkylation sites (tertiary alicyclic amines) is 1. The summed E-state index contributed by atoms with van der Waals surface area (Å²) >= 11 is 1.27. The van der Waals surface area contributed by atoms with Gasteiger partial charge in [-0.15, -0.1) is 10.2 Å². The van der Waals surface area contributed by atoms with Gasteiger partial charge in [0.1, 0.15) is 5.82 Å². The number of carbonyl (C=O) groups excluding carboxylic acids is 1. The molecule has 1 amide bonds. The molecule has 1 aliphatic rings. The van der Waals surface area contributed by atoms with Crippen LogP contribution in [0.1, 0.15) is 25.7 Å². The molecule has 2 aromatic rings. The second-order valence-electron chi connectivity index (χ2n) is 5.77. The van der Waals surface area contributed by atoms with Crippen molar-refractivity contribution < 1.29 is 9.18 Å². The maximum atomic E-state index is 13.0. The lowest BCUT2D eigenvalue weighted by Gasteiger charge is -2.19. The Kier molecular flexibility index (Phi) is 5.34. The monoisotopic (exact) mass is 349 g/mol. The fourth-order valence-corrected chi connectivity index (χ4v) is 3.47. The van der Waals surface area contributed by atoms with Gasteiger partial charge in [0.05, 0.1) is 5.75 Å². The minimum absolute atomic E-state index is 0.105. The van der Waals surface area contributed by atoms with Gasteiger partial charge in [0.25, 0.3) is 0 Å². The van der Waals surface area contributed by atoms with Crippen LogP contribution in [0.4, 0.5) is 4.39 Å². The molecule has 128 valence electrons. The molecule has 3 rings (SSSR count). The highest BCUT2D eigenvalue weighted by Crippen LogP contribution is 2.22. The van der Waals surface area contributed by atoms with Gasteiger partial charge in [0, 0.05) is 18.7 Å². The van der Waals surface area contributed by atoms with Crippen molar-refractivity contribution in [2.45, 2.75) is 30.8 Å². The van der Waals surface area contributed by atoms with Crippen LogP contribution < -0.4 is 5.84 Å². The van der Waals surface area contributed by atoms with Crippen LogP contribution in [0.25, 0.3) is 11.4 Å². The summed E-state index contributed by atoms with van der Waals surface area (Å²) in [5.74, 6) is 6.53. The number of nitrogens with two attached hydrogens (primary N) is 1. The van der Waals surface area contributed by atoms with Crippen LogP contribution in [-0.4, -0.2) is 44.5 Å². The van der Waals surface area contributed by atoms with Crippen molar-refractivity contribution in [2.24, 2.45) is 0 Å². The summed E-state index contributed by atoms with van der Waals surface area (Å²) in [6.07, 6.45) is 4.51. The first kappa shape index (κ1) is 16.8. The van der Waals surface area contributed by atoms with Crippen LogP contribution in [0.5, 0.6) is 0 Å². The number of amides is 1. The van der Waals surface area contributed by atoms with Gasteiger partial charge >= 0.3 is 0 Å². The molecular formula is C16H20FN5OS. The van der Waals surface area contributed by atoms with Crippen molar-refractivity contribution in [1.29, 1.82) is 0 Å². The number of halogens is 1. The summed E-state index contributed by atoms with van der Waals surface area (Å²) in [7, 11) is 0. The molecule has 0 spiro atoms. The predicted octanol–water partition coefficient (Wildman–Crippen LogP) is 2.29. The Morgan fingerprint density at radius 1 is 1.12 bits per heavy atom. The molecule has 0 radical (unpaired) electrons. The largest absolute Gasteiger partial charge is 0.342 e. The van der Waals surface area contributed by atoms with E-state index in [0.717, 1.165) is 25.9 Å². The molecule has 1 fully saturated rings. The predicted molar refractivity (Wildman–Crippen MR) is 91.3 cm³/mol. The molecule has 0 atom stereocenters. The molecule has 2 N–H and O–H groups in total. The van der Waals surface area contributed by atoms with Gasteiger partial charge in [-0.2, -0.15) is 0 Å². The van der Waals surface area contributed by atoms with Crippen LogP contribution >= 0.6 is 11.8 Å². The van der Waals surface area contributed by atoms with Gasteiger partial charge in [-0.3, -0.25) is 4.79 Å². The molecule has 0 saturated carbocycles. The molecule has 8 heteroatoms. The van der Waals surface area contributed by atoms with Crippen LogP contribution in [0, 0.1) is 5.82 Å². The highest BCUT2D eigenvalue weighted by Gasteiger charge is 2.18. The minimum atomic E-state index is -0.320. The number of nitrogen functional groups attached to an aromatic ring is 1. The van der Waals surface area contributed by atoms with Crippen molar-refractivity contribution >= 4 is 17.7 Å². The van der Waals surface area contributed by atoms with Crippen molar-refractivity contribution in [3.8, 4) is 11.4 Å². The number of aromatic nitrogens is 3. The van der Waals surface area contributed by atoms with Crippen molar-refractivity contribution in [2.75, 3.05) is 24.7 Å². The smallest absolute Gasteiger partial charge is 0.233 e. The number of benzene rings is 1. The van der Waals surface area contributed by atoms with Gasteiger partial charge in [-0.1, -0.05) is 24.6 Å². The molecule has 1 aromatic carbocycles. The summed E-state index contributed by atoms with van der Waals surface area (Å²) in [5, 5.41) is 8.55. The molecule has 0 aliphatic carbocycles. The maximum Gasteiger partial charge on any atom is 0.233 e. The normalized spacial score (nSPS) is 15.3. The molecule has 1 aliphatic heterocycles. The third-order valence-electron chi connectivity index (χ3n) is 4.05. The lowest BCUT2D eigenvalue weighted by atomic mass is 10.2. The summed E-state index contributed by atoms with van der Waals surface area (Å²) in [5.41, 5.74) is 0.678. The lowest BCUT2D eigenvalue weighted by molar-refractivity contribution is -0.128. The second-order valence-corrected chi connectivity index (χ2v) is 6.71. The summed E-state index contributed by atoms with van der Waals surface area (Å²) in [6.45, 7) is 1.66. The number of carbonyl (C=O) groups is 1. The van der Waals surface area contributed by atoms with E-state index in [1.807, 2.05) is 4.90 Å². The minimum Gasteiger partial charge on any atom is -0.342 e. The average Bonchev–Trinajstić information content (AvgIpc) is 2.79. The molecule has 1 aromatic heterocycles. The van der Waals surface area contributed by atoms with Gasteiger partial charge in [0.15, 0.2) is 5.82 Å². The van der Waals surface area contributed by atoms with Crippen LogP contribution in [0.15, 0.2) is 29.4 Å². The first-order valence-electron chi connectivity index (χ1n) is 8.02. The van der Waals surface area contributed by atoms with Crippen molar-refractivity contribution in [3.63, 3.8) is 0 Å². The maximum absolute atomic E-state index is 13.0. The number of hydrogen-bond acceptors (Lipinski definition) is 5. The van der Waals surface area contributed by atoms with E-state index < -0.39 is 0 Å². The van der Waals surface area contributed by atoms with Crippen LogP contribution in [-0.2, 0) is 4.79 Å². The Hall–Kier alpha value is -2.09. The standard InChI is InChI=1S/C16H20FN5OS/c17-13-7-5-12(6-8-13)15-19-20-16(22(15)18)24-11-14(23)21-9-3-1-2-4-10-21/h5-8H,1-4,9-11,18H2. The number of hydrogen-bond donors (Lipinski definition) is 1. The summed E-state index contributed by atoms with van der Waals surface area (Å²) in [4.78, 5) is 14.2. The summed E-state index contributed by atoms with van der Waals surface area (Å²) in [6, 6.07) is 5.89.